The number of rotatable bonds is 5. The number of amides is 1. The van der Waals surface area contributed by atoms with E-state index < -0.39 is 24.5 Å². The molecule has 2 rings (SSSR count). The molecular weight excluding hydrogens is 395 g/mol. The average Bonchev–Trinajstić information content (AvgIpc) is 2.68. The standard InChI is InChI=1S/C18H16Cl2N2O5/c1-22(13-6-4-3-5-10(13)17(24)26-2)14(23)9-27-18(25)11-7-8-12(19)15(20)16(11)21/h3-8H,9,21H2,1-2H3. The molecule has 0 spiro atoms. The minimum Gasteiger partial charge on any atom is -0.465 e. The van der Waals surface area contributed by atoms with Crippen molar-refractivity contribution < 1.29 is 23.9 Å². The van der Waals surface area contributed by atoms with Crippen molar-refractivity contribution in [3.8, 4) is 0 Å². The molecule has 0 fully saturated rings. The summed E-state index contributed by atoms with van der Waals surface area (Å²) in [5, 5.41) is 0.225. The van der Waals surface area contributed by atoms with Gasteiger partial charge in [0.25, 0.3) is 5.91 Å². The summed E-state index contributed by atoms with van der Waals surface area (Å²) in [7, 11) is 2.69. The van der Waals surface area contributed by atoms with Crippen LogP contribution in [0.25, 0.3) is 0 Å². The zero-order chi connectivity index (χ0) is 20.1. The number of halogens is 2. The highest BCUT2D eigenvalue weighted by atomic mass is 35.5. The van der Waals surface area contributed by atoms with Gasteiger partial charge in [0.1, 0.15) is 0 Å². The van der Waals surface area contributed by atoms with Crippen LogP contribution in [0.1, 0.15) is 20.7 Å². The normalized spacial score (nSPS) is 10.2. The average molecular weight is 411 g/mol. The topological polar surface area (TPSA) is 98.9 Å². The van der Waals surface area contributed by atoms with Gasteiger partial charge < -0.3 is 20.1 Å². The molecule has 9 heteroatoms. The number of carbonyl (C=O) groups excluding carboxylic acids is 3. The number of likely N-dealkylation sites (N-methyl/N-ethyl adjacent to an activating group) is 1. The molecule has 0 aromatic heterocycles. The number of nitrogen functional groups attached to an aromatic ring is 1. The van der Waals surface area contributed by atoms with Crippen LogP contribution in [0, 0.1) is 0 Å². The summed E-state index contributed by atoms with van der Waals surface area (Å²) in [4.78, 5) is 37.6. The van der Waals surface area contributed by atoms with Crippen LogP contribution in [0.15, 0.2) is 36.4 Å². The van der Waals surface area contributed by atoms with Crippen LogP contribution in [0.2, 0.25) is 10.0 Å². The maximum atomic E-state index is 12.4. The Morgan fingerprint density at radius 3 is 2.37 bits per heavy atom. The van der Waals surface area contributed by atoms with E-state index in [4.69, 9.17) is 38.4 Å². The molecule has 0 aliphatic heterocycles. The monoisotopic (exact) mass is 410 g/mol. The van der Waals surface area contributed by atoms with Crippen molar-refractivity contribution >= 4 is 52.4 Å². The lowest BCUT2D eigenvalue weighted by atomic mass is 10.1. The fourth-order valence-corrected chi connectivity index (χ4v) is 2.56. The van der Waals surface area contributed by atoms with Crippen LogP contribution in [0.5, 0.6) is 0 Å². The van der Waals surface area contributed by atoms with E-state index in [1.54, 1.807) is 18.2 Å². The Labute approximate surface area is 165 Å². The first-order chi connectivity index (χ1) is 12.8. The number of hydrogen-bond acceptors (Lipinski definition) is 6. The predicted octanol–water partition coefficient (Wildman–Crippen LogP) is 3.18. The molecular formula is C18H16Cl2N2O5. The Morgan fingerprint density at radius 2 is 1.70 bits per heavy atom. The van der Waals surface area contributed by atoms with Crippen molar-refractivity contribution in [1.29, 1.82) is 0 Å². The van der Waals surface area contributed by atoms with Crippen molar-refractivity contribution in [3.63, 3.8) is 0 Å². The molecule has 1 amide bonds. The summed E-state index contributed by atoms with van der Waals surface area (Å²) in [6, 6.07) is 9.15. The van der Waals surface area contributed by atoms with Crippen molar-refractivity contribution in [2.45, 2.75) is 0 Å². The van der Waals surface area contributed by atoms with Gasteiger partial charge in [0.05, 0.1) is 39.7 Å². The van der Waals surface area contributed by atoms with E-state index in [1.165, 1.54) is 37.3 Å². The van der Waals surface area contributed by atoms with Crippen LogP contribution >= 0.6 is 23.2 Å². The summed E-state index contributed by atoms with van der Waals surface area (Å²) >= 11 is 11.7. The SMILES string of the molecule is COC(=O)c1ccccc1N(C)C(=O)COC(=O)c1ccc(Cl)c(Cl)c1N. The van der Waals surface area contributed by atoms with Crippen molar-refractivity contribution in [1.82, 2.24) is 0 Å². The highest BCUT2D eigenvalue weighted by Crippen LogP contribution is 2.31. The zero-order valence-corrected chi connectivity index (χ0v) is 16.0. The minimum atomic E-state index is -0.825. The molecule has 2 N–H and O–H groups in total. The van der Waals surface area contributed by atoms with E-state index >= 15 is 0 Å². The number of anilines is 2. The Balaban J connectivity index is 2.11. The van der Waals surface area contributed by atoms with Gasteiger partial charge >= 0.3 is 11.9 Å². The fraction of sp³-hybridized carbons (Fsp3) is 0.167. The Kier molecular flexibility index (Phi) is 6.65. The number of carbonyl (C=O) groups is 3. The van der Waals surface area contributed by atoms with Crippen molar-refractivity contribution in [3.05, 3.63) is 57.6 Å². The van der Waals surface area contributed by atoms with E-state index in [0.29, 0.717) is 5.69 Å². The van der Waals surface area contributed by atoms with E-state index in [9.17, 15) is 14.4 Å². The lowest BCUT2D eigenvalue weighted by molar-refractivity contribution is -0.121. The summed E-state index contributed by atoms with van der Waals surface area (Å²) in [5.41, 5.74) is 6.23. The Bertz CT molecular complexity index is 901. The molecule has 0 saturated heterocycles. The first kappa shape index (κ1) is 20.5. The van der Waals surface area contributed by atoms with Crippen molar-refractivity contribution in [2.75, 3.05) is 31.4 Å². The first-order valence-electron chi connectivity index (χ1n) is 7.62. The van der Waals surface area contributed by atoms with Crippen LogP contribution in [0.4, 0.5) is 11.4 Å². The number of nitrogens with zero attached hydrogens (tertiary/aromatic N) is 1. The van der Waals surface area contributed by atoms with Gasteiger partial charge in [0.2, 0.25) is 0 Å². The second kappa shape index (κ2) is 8.75. The molecule has 0 aliphatic carbocycles. The van der Waals surface area contributed by atoms with Crippen molar-refractivity contribution in [2.24, 2.45) is 0 Å². The minimum absolute atomic E-state index is 0.00480. The summed E-state index contributed by atoms with van der Waals surface area (Å²) in [6.07, 6.45) is 0. The molecule has 0 bridgehead atoms. The molecule has 0 heterocycles. The Morgan fingerprint density at radius 1 is 1.04 bits per heavy atom. The van der Waals surface area contributed by atoms with Gasteiger partial charge in [0, 0.05) is 7.05 Å². The predicted molar refractivity (Wildman–Crippen MR) is 102 cm³/mol. The van der Waals surface area contributed by atoms with Gasteiger partial charge in [-0.3, -0.25) is 4.79 Å². The third-order valence-corrected chi connectivity index (χ3v) is 4.54. The molecule has 27 heavy (non-hydrogen) atoms. The summed E-state index contributed by atoms with van der Waals surface area (Å²) in [5.74, 6) is -1.97. The van der Waals surface area contributed by atoms with Crippen LogP contribution in [-0.4, -0.2) is 38.6 Å². The number of methoxy groups -OCH3 is 1. The number of esters is 2. The molecule has 142 valence electrons. The maximum Gasteiger partial charge on any atom is 0.340 e. The molecule has 2 aromatic carbocycles. The lowest BCUT2D eigenvalue weighted by Crippen LogP contribution is -2.32. The molecule has 0 saturated carbocycles. The van der Waals surface area contributed by atoms with Crippen LogP contribution in [-0.2, 0) is 14.3 Å². The third kappa shape index (κ3) is 4.50. The largest absolute Gasteiger partial charge is 0.465 e. The van der Waals surface area contributed by atoms with E-state index in [2.05, 4.69) is 0 Å². The summed E-state index contributed by atoms with van der Waals surface area (Å²) < 4.78 is 9.70. The van der Waals surface area contributed by atoms with Gasteiger partial charge in [-0.1, -0.05) is 35.3 Å². The maximum absolute atomic E-state index is 12.4. The number of nitrogens with two attached hydrogens (primary N) is 1. The molecule has 0 radical (unpaired) electrons. The Hall–Kier alpha value is -2.77. The van der Waals surface area contributed by atoms with Gasteiger partial charge in [-0.2, -0.15) is 0 Å². The quantitative estimate of drug-likeness (QED) is 0.600. The van der Waals surface area contributed by atoms with E-state index in [0.717, 1.165) is 0 Å². The van der Waals surface area contributed by atoms with Crippen LogP contribution < -0.4 is 10.6 Å². The van der Waals surface area contributed by atoms with Gasteiger partial charge in [-0.15, -0.1) is 0 Å². The van der Waals surface area contributed by atoms with Crippen LogP contribution in [0.3, 0.4) is 0 Å². The third-order valence-electron chi connectivity index (χ3n) is 3.72. The molecule has 2 aromatic rings. The van der Waals surface area contributed by atoms with Gasteiger partial charge in [0.15, 0.2) is 6.61 Å². The molecule has 0 atom stereocenters. The number of ether oxygens (including phenoxy) is 2. The first-order valence-corrected chi connectivity index (χ1v) is 8.38. The highest BCUT2D eigenvalue weighted by Gasteiger charge is 2.21. The van der Waals surface area contributed by atoms with Gasteiger partial charge in [-0.25, -0.2) is 9.59 Å². The number of benzene rings is 2. The highest BCUT2D eigenvalue weighted by molar-refractivity contribution is 6.44. The van der Waals surface area contributed by atoms with E-state index in [1.807, 2.05) is 0 Å². The number of para-hydroxylation sites is 1. The molecule has 0 aliphatic rings. The number of hydrogen-bond donors (Lipinski definition) is 1. The summed E-state index contributed by atoms with van der Waals surface area (Å²) in [6.45, 7) is -0.565. The fourth-order valence-electron chi connectivity index (χ4n) is 2.23. The smallest absolute Gasteiger partial charge is 0.340 e. The zero-order valence-electron chi connectivity index (χ0n) is 14.5. The lowest BCUT2D eigenvalue weighted by Gasteiger charge is -2.19. The molecule has 7 nitrogen and oxygen atoms in total. The van der Waals surface area contributed by atoms with E-state index in [-0.39, 0.29) is 26.9 Å². The van der Waals surface area contributed by atoms with Gasteiger partial charge in [-0.05, 0) is 24.3 Å². The second-order valence-electron chi connectivity index (χ2n) is 5.36. The second-order valence-corrected chi connectivity index (χ2v) is 6.15. The molecule has 0 unspecified atom stereocenters.